The minimum Gasteiger partial charge on any atom is -0.319 e. The van der Waals surface area contributed by atoms with Gasteiger partial charge in [-0.3, -0.25) is 0 Å². The van der Waals surface area contributed by atoms with E-state index in [4.69, 9.17) is 5.73 Å². The molecule has 1 nitrogen and oxygen atoms in total. The average Bonchev–Trinajstić information content (AvgIpc) is 2.13. The molecular formula is C9H10ClF4N. The fraction of sp³-hybridized carbons (Fsp3) is 0.333. The number of alkyl halides is 2. The molecule has 0 fully saturated rings. The van der Waals surface area contributed by atoms with Gasteiger partial charge in [-0.15, -0.1) is 12.4 Å². The van der Waals surface area contributed by atoms with Crippen LogP contribution in [0.3, 0.4) is 0 Å². The van der Waals surface area contributed by atoms with Crippen LogP contribution in [0.25, 0.3) is 0 Å². The predicted molar refractivity (Wildman–Crippen MR) is 51.3 cm³/mol. The number of aryl methyl sites for hydroxylation is 1. The second-order valence-corrected chi connectivity index (χ2v) is 2.96. The molecule has 15 heavy (non-hydrogen) atoms. The maximum atomic E-state index is 13.1. The van der Waals surface area contributed by atoms with Crippen molar-refractivity contribution >= 4 is 12.4 Å². The summed E-state index contributed by atoms with van der Waals surface area (Å²) in [5.41, 5.74) is 4.57. The van der Waals surface area contributed by atoms with Gasteiger partial charge in [-0.1, -0.05) is 12.1 Å². The molecule has 0 aliphatic rings. The molecule has 1 aromatic carbocycles. The van der Waals surface area contributed by atoms with Gasteiger partial charge in [0.1, 0.15) is 0 Å². The molecule has 0 radical (unpaired) electrons. The summed E-state index contributed by atoms with van der Waals surface area (Å²) in [4.78, 5) is 0. The van der Waals surface area contributed by atoms with Gasteiger partial charge in [0.25, 0.3) is 6.43 Å². The van der Waals surface area contributed by atoms with Gasteiger partial charge in [0.05, 0.1) is 6.04 Å². The summed E-state index contributed by atoms with van der Waals surface area (Å²) >= 11 is 0. The van der Waals surface area contributed by atoms with E-state index in [-0.39, 0.29) is 18.0 Å². The first-order valence-electron chi connectivity index (χ1n) is 3.93. The zero-order chi connectivity index (χ0) is 10.9. The molecule has 1 aromatic rings. The molecule has 0 aliphatic carbocycles. The largest absolute Gasteiger partial charge is 0.319 e. The van der Waals surface area contributed by atoms with Gasteiger partial charge in [0.15, 0.2) is 11.6 Å². The van der Waals surface area contributed by atoms with Crippen LogP contribution in [0.2, 0.25) is 0 Å². The van der Waals surface area contributed by atoms with Crippen molar-refractivity contribution in [3.8, 4) is 0 Å². The molecule has 1 atom stereocenters. The Morgan fingerprint density at radius 2 is 1.67 bits per heavy atom. The van der Waals surface area contributed by atoms with Crippen molar-refractivity contribution in [2.75, 3.05) is 0 Å². The first-order valence-corrected chi connectivity index (χ1v) is 3.93. The number of nitrogens with two attached hydrogens (primary N) is 1. The second kappa shape index (κ2) is 5.32. The Morgan fingerprint density at radius 1 is 1.13 bits per heavy atom. The van der Waals surface area contributed by atoms with Gasteiger partial charge < -0.3 is 5.73 Å². The molecule has 0 saturated heterocycles. The standard InChI is InChI=1S/C9H9F4N.ClH/c1-4-2-3-5(7(11)6(4)10)8(14)9(12)13;/h2-3,8-9H,14H2,1H3;1H/t8-;/m0./s1. The summed E-state index contributed by atoms with van der Waals surface area (Å²) in [6.45, 7) is 1.34. The maximum absolute atomic E-state index is 13.1. The first-order chi connectivity index (χ1) is 6.45. The van der Waals surface area contributed by atoms with E-state index in [1.807, 2.05) is 0 Å². The van der Waals surface area contributed by atoms with Crippen molar-refractivity contribution in [3.63, 3.8) is 0 Å². The molecule has 0 unspecified atom stereocenters. The van der Waals surface area contributed by atoms with Gasteiger partial charge in [-0.2, -0.15) is 0 Å². The third kappa shape index (κ3) is 2.82. The van der Waals surface area contributed by atoms with Crippen molar-refractivity contribution in [3.05, 3.63) is 34.9 Å². The number of benzene rings is 1. The summed E-state index contributed by atoms with van der Waals surface area (Å²) in [5, 5.41) is 0. The molecule has 6 heteroatoms. The van der Waals surface area contributed by atoms with Crippen molar-refractivity contribution in [1.82, 2.24) is 0 Å². The summed E-state index contributed by atoms with van der Waals surface area (Å²) in [6, 6.07) is 0.505. The molecule has 1 rings (SSSR count). The van der Waals surface area contributed by atoms with Crippen LogP contribution in [0.1, 0.15) is 17.2 Å². The van der Waals surface area contributed by atoms with Crippen molar-refractivity contribution in [2.24, 2.45) is 5.73 Å². The van der Waals surface area contributed by atoms with Crippen LogP contribution < -0.4 is 5.73 Å². The Morgan fingerprint density at radius 3 is 2.13 bits per heavy atom. The van der Waals surface area contributed by atoms with Gasteiger partial charge in [-0.05, 0) is 12.5 Å². The van der Waals surface area contributed by atoms with E-state index in [1.165, 1.54) is 13.0 Å². The van der Waals surface area contributed by atoms with Crippen molar-refractivity contribution in [2.45, 2.75) is 19.4 Å². The van der Waals surface area contributed by atoms with E-state index in [0.717, 1.165) is 6.07 Å². The number of hydrogen-bond donors (Lipinski definition) is 1. The van der Waals surface area contributed by atoms with E-state index >= 15 is 0 Å². The van der Waals surface area contributed by atoms with Gasteiger partial charge in [0.2, 0.25) is 0 Å². The minimum atomic E-state index is -2.91. The molecule has 0 aromatic heterocycles. The zero-order valence-electron chi connectivity index (χ0n) is 7.81. The molecule has 0 aliphatic heterocycles. The highest BCUT2D eigenvalue weighted by molar-refractivity contribution is 5.85. The molecule has 86 valence electrons. The maximum Gasteiger partial charge on any atom is 0.257 e. The summed E-state index contributed by atoms with van der Waals surface area (Å²) in [5.74, 6) is -2.42. The van der Waals surface area contributed by atoms with Crippen LogP contribution in [0.4, 0.5) is 17.6 Å². The Hall–Kier alpha value is -0.810. The average molecular weight is 244 g/mol. The lowest BCUT2D eigenvalue weighted by molar-refractivity contribution is 0.114. The fourth-order valence-corrected chi connectivity index (χ4v) is 1.05. The van der Waals surface area contributed by atoms with Crippen LogP contribution in [-0.2, 0) is 0 Å². The second-order valence-electron chi connectivity index (χ2n) is 2.96. The highest BCUT2D eigenvalue weighted by Crippen LogP contribution is 2.24. The Kier molecular flexibility index (Phi) is 5.03. The number of hydrogen-bond acceptors (Lipinski definition) is 1. The first kappa shape index (κ1) is 14.2. The van der Waals surface area contributed by atoms with Crippen LogP contribution in [0.15, 0.2) is 12.1 Å². The fourth-order valence-electron chi connectivity index (χ4n) is 1.05. The predicted octanol–water partition coefficient (Wildman–Crippen LogP) is 2.96. The van der Waals surface area contributed by atoms with Gasteiger partial charge >= 0.3 is 0 Å². The molecule has 0 heterocycles. The van der Waals surface area contributed by atoms with Crippen molar-refractivity contribution in [1.29, 1.82) is 0 Å². The van der Waals surface area contributed by atoms with E-state index in [1.54, 1.807) is 0 Å². The third-order valence-corrected chi connectivity index (χ3v) is 1.94. The van der Waals surface area contributed by atoms with Crippen LogP contribution in [0, 0.1) is 18.6 Å². The zero-order valence-corrected chi connectivity index (χ0v) is 8.62. The lowest BCUT2D eigenvalue weighted by atomic mass is 10.0. The summed E-state index contributed by atoms with van der Waals surface area (Å²) in [6.07, 6.45) is -2.91. The van der Waals surface area contributed by atoms with Crippen LogP contribution in [0.5, 0.6) is 0 Å². The number of halogens is 5. The normalized spacial score (nSPS) is 12.5. The van der Waals surface area contributed by atoms with E-state index in [0.29, 0.717) is 0 Å². The highest BCUT2D eigenvalue weighted by Gasteiger charge is 2.23. The Balaban J connectivity index is 0.00000196. The lowest BCUT2D eigenvalue weighted by Crippen LogP contribution is -2.21. The molecule has 2 N–H and O–H groups in total. The van der Waals surface area contributed by atoms with Gasteiger partial charge in [0, 0.05) is 5.56 Å². The van der Waals surface area contributed by atoms with E-state index < -0.39 is 29.7 Å². The van der Waals surface area contributed by atoms with E-state index in [9.17, 15) is 17.6 Å². The van der Waals surface area contributed by atoms with Crippen LogP contribution in [-0.4, -0.2) is 6.43 Å². The quantitative estimate of drug-likeness (QED) is 0.794. The molecule has 0 spiro atoms. The highest BCUT2D eigenvalue weighted by atomic mass is 35.5. The SMILES string of the molecule is Cc1ccc([C@H](N)C(F)F)c(F)c1F.Cl. The summed E-state index contributed by atoms with van der Waals surface area (Å²) in [7, 11) is 0. The Bertz CT molecular complexity index is 343. The number of rotatable bonds is 2. The molecule has 0 saturated carbocycles. The lowest BCUT2D eigenvalue weighted by Gasteiger charge is -2.12. The minimum absolute atomic E-state index is 0. The third-order valence-electron chi connectivity index (χ3n) is 1.94. The summed E-state index contributed by atoms with van der Waals surface area (Å²) < 4.78 is 50.2. The van der Waals surface area contributed by atoms with Crippen molar-refractivity contribution < 1.29 is 17.6 Å². The van der Waals surface area contributed by atoms with Gasteiger partial charge in [-0.25, -0.2) is 17.6 Å². The van der Waals surface area contributed by atoms with Crippen LogP contribution >= 0.6 is 12.4 Å². The Labute approximate surface area is 90.7 Å². The molecule has 0 amide bonds. The smallest absolute Gasteiger partial charge is 0.257 e. The molecular weight excluding hydrogens is 234 g/mol. The monoisotopic (exact) mass is 243 g/mol. The van der Waals surface area contributed by atoms with E-state index in [2.05, 4.69) is 0 Å². The topological polar surface area (TPSA) is 26.0 Å². The molecule has 0 bridgehead atoms.